The molecule has 3 nitrogen and oxygen atoms in total. The maximum absolute atomic E-state index is 5.76. The van der Waals surface area contributed by atoms with Gasteiger partial charge in [0.25, 0.3) is 0 Å². The summed E-state index contributed by atoms with van der Waals surface area (Å²) in [5.41, 5.74) is 7.93. The molecule has 1 aromatic carbocycles. The molecule has 0 unspecified atom stereocenters. The third-order valence-electron chi connectivity index (χ3n) is 2.42. The van der Waals surface area contributed by atoms with Gasteiger partial charge in [-0.3, -0.25) is 4.68 Å². The summed E-state index contributed by atoms with van der Waals surface area (Å²) in [6.07, 6.45) is 0. The Labute approximate surface area is 114 Å². The minimum Gasteiger partial charge on any atom is -0.326 e. The molecule has 2 N–H and O–H groups in total. The van der Waals surface area contributed by atoms with Crippen LogP contribution in [0.4, 0.5) is 0 Å². The number of nitrogens with two attached hydrogens (primary N) is 1. The number of hydrogen-bond acceptors (Lipinski definition) is 3. The highest BCUT2D eigenvalue weighted by atomic mass is 79.9. The van der Waals surface area contributed by atoms with E-state index in [4.69, 9.17) is 5.73 Å². The predicted octanol–water partition coefficient (Wildman–Crippen LogP) is 3.10. The first-order valence-electron chi connectivity index (χ1n) is 5.27. The van der Waals surface area contributed by atoms with Gasteiger partial charge in [-0.05, 0) is 36.8 Å². The van der Waals surface area contributed by atoms with Gasteiger partial charge in [0.1, 0.15) is 0 Å². The lowest BCUT2D eigenvalue weighted by Crippen LogP contribution is -1.99. The monoisotopic (exact) mass is 311 g/mol. The molecule has 0 aliphatic heterocycles. The third-order valence-corrected chi connectivity index (χ3v) is 4.12. The van der Waals surface area contributed by atoms with Crippen molar-refractivity contribution in [1.82, 2.24) is 9.78 Å². The van der Waals surface area contributed by atoms with E-state index in [-0.39, 0.29) is 0 Å². The van der Waals surface area contributed by atoms with Crippen molar-refractivity contribution in [3.05, 3.63) is 40.0 Å². The van der Waals surface area contributed by atoms with Gasteiger partial charge in [0.05, 0.1) is 10.7 Å². The van der Waals surface area contributed by atoms with Gasteiger partial charge in [0.2, 0.25) is 0 Å². The molecule has 0 fully saturated rings. The van der Waals surface area contributed by atoms with Crippen molar-refractivity contribution in [2.45, 2.75) is 23.4 Å². The highest BCUT2D eigenvalue weighted by Gasteiger charge is 2.08. The van der Waals surface area contributed by atoms with Gasteiger partial charge in [-0.1, -0.05) is 27.7 Å². The summed E-state index contributed by atoms with van der Waals surface area (Å²) in [7, 11) is 1.95. The van der Waals surface area contributed by atoms with E-state index in [0.29, 0.717) is 6.54 Å². The van der Waals surface area contributed by atoms with Crippen molar-refractivity contribution in [3.63, 3.8) is 0 Å². The van der Waals surface area contributed by atoms with Crippen LogP contribution in [0.25, 0.3) is 0 Å². The molecule has 90 valence electrons. The Balaban J connectivity index is 2.32. The van der Waals surface area contributed by atoms with E-state index in [1.807, 2.05) is 24.7 Å². The first-order chi connectivity index (χ1) is 8.10. The Bertz CT molecular complexity index is 537. The minimum absolute atomic E-state index is 0.540. The number of hydrogen-bond donors (Lipinski definition) is 1. The maximum atomic E-state index is 5.76. The molecule has 5 heteroatoms. The molecular weight excluding hydrogens is 298 g/mol. The minimum atomic E-state index is 0.540. The predicted molar refractivity (Wildman–Crippen MR) is 74.1 cm³/mol. The SMILES string of the molecule is Cc1cc(Sc2ccc(Br)cc2CN)n(C)n1. The summed E-state index contributed by atoms with van der Waals surface area (Å²) in [6.45, 7) is 2.54. The average Bonchev–Trinajstić information content (AvgIpc) is 2.60. The number of nitrogens with zero attached hydrogens (tertiary/aromatic N) is 2. The molecule has 17 heavy (non-hydrogen) atoms. The molecule has 0 spiro atoms. The number of aromatic nitrogens is 2. The summed E-state index contributed by atoms with van der Waals surface area (Å²) < 4.78 is 2.95. The van der Waals surface area contributed by atoms with E-state index >= 15 is 0 Å². The average molecular weight is 312 g/mol. The van der Waals surface area contributed by atoms with Crippen LogP contribution in [0.1, 0.15) is 11.3 Å². The van der Waals surface area contributed by atoms with Gasteiger partial charge in [-0.25, -0.2) is 0 Å². The third kappa shape index (κ3) is 2.91. The smallest absolute Gasteiger partial charge is 0.0987 e. The van der Waals surface area contributed by atoms with Crippen molar-refractivity contribution >= 4 is 27.7 Å². The van der Waals surface area contributed by atoms with Crippen molar-refractivity contribution in [1.29, 1.82) is 0 Å². The molecule has 2 rings (SSSR count). The van der Waals surface area contributed by atoms with Crippen LogP contribution in [0.3, 0.4) is 0 Å². The fourth-order valence-corrected chi connectivity index (χ4v) is 3.05. The van der Waals surface area contributed by atoms with Crippen LogP contribution in [-0.4, -0.2) is 9.78 Å². The van der Waals surface area contributed by atoms with Gasteiger partial charge in [-0.15, -0.1) is 0 Å². The summed E-state index contributed by atoms with van der Waals surface area (Å²) >= 11 is 5.15. The van der Waals surface area contributed by atoms with Crippen LogP contribution in [-0.2, 0) is 13.6 Å². The second-order valence-corrected chi connectivity index (χ2v) is 5.78. The molecule has 0 saturated heterocycles. The van der Waals surface area contributed by atoms with Gasteiger partial charge in [-0.2, -0.15) is 5.10 Å². The first kappa shape index (κ1) is 12.7. The molecule has 0 amide bonds. The quantitative estimate of drug-likeness (QED) is 0.947. The highest BCUT2D eigenvalue weighted by Crippen LogP contribution is 2.32. The molecule has 1 heterocycles. The van der Waals surface area contributed by atoms with E-state index < -0.39 is 0 Å². The van der Waals surface area contributed by atoms with Crippen LogP contribution in [0.5, 0.6) is 0 Å². The molecule has 0 aliphatic rings. The molecule has 0 aliphatic carbocycles. The van der Waals surface area contributed by atoms with E-state index in [0.717, 1.165) is 20.8 Å². The largest absolute Gasteiger partial charge is 0.326 e. The van der Waals surface area contributed by atoms with Crippen molar-refractivity contribution in [2.24, 2.45) is 12.8 Å². The van der Waals surface area contributed by atoms with Crippen molar-refractivity contribution < 1.29 is 0 Å². The topological polar surface area (TPSA) is 43.8 Å². The number of aryl methyl sites for hydroxylation is 2. The first-order valence-corrected chi connectivity index (χ1v) is 6.88. The number of halogens is 1. The Kier molecular flexibility index (Phi) is 3.91. The molecule has 1 aromatic heterocycles. The normalized spacial score (nSPS) is 10.8. The molecule has 0 bridgehead atoms. The van der Waals surface area contributed by atoms with Gasteiger partial charge >= 0.3 is 0 Å². The maximum Gasteiger partial charge on any atom is 0.0987 e. The Morgan fingerprint density at radius 3 is 2.76 bits per heavy atom. The van der Waals surface area contributed by atoms with Crippen molar-refractivity contribution in [2.75, 3.05) is 0 Å². The number of benzene rings is 1. The van der Waals surface area contributed by atoms with E-state index in [1.54, 1.807) is 11.8 Å². The Hall–Kier alpha value is -0.780. The second-order valence-electron chi connectivity index (χ2n) is 3.81. The van der Waals surface area contributed by atoms with Gasteiger partial charge < -0.3 is 5.73 Å². The standard InChI is InChI=1S/C12H14BrN3S/c1-8-5-12(16(2)15-8)17-11-4-3-10(13)6-9(11)7-14/h3-6H,7,14H2,1-2H3. The molecule has 0 radical (unpaired) electrons. The van der Waals surface area contributed by atoms with Crippen LogP contribution in [0.2, 0.25) is 0 Å². The lowest BCUT2D eigenvalue weighted by molar-refractivity contribution is 0.692. The van der Waals surface area contributed by atoms with Gasteiger partial charge in [0, 0.05) is 23.0 Å². The fourth-order valence-electron chi connectivity index (χ4n) is 1.60. The van der Waals surface area contributed by atoms with Crippen molar-refractivity contribution in [3.8, 4) is 0 Å². The summed E-state index contributed by atoms with van der Waals surface area (Å²) in [5.74, 6) is 0. The molecular formula is C12H14BrN3S. The van der Waals surface area contributed by atoms with Crippen LogP contribution in [0.15, 0.2) is 38.7 Å². The molecule has 0 saturated carbocycles. The zero-order valence-corrected chi connectivity index (χ0v) is 12.2. The van der Waals surface area contributed by atoms with Crippen LogP contribution in [0, 0.1) is 6.92 Å². The zero-order chi connectivity index (χ0) is 12.4. The Morgan fingerprint density at radius 2 is 2.18 bits per heavy atom. The zero-order valence-electron chi connectivity index (χ0n) is 9.77. The Morgan fingerprint density at radius 1 is 1.41 bits per heavy atom. The molecule has 2 aromatic rings. The van der Waals surface area contributed by atoms with E-state index in [2.05, 4.69) is 39.2 Å². The lowest BCUT2D eigenvalue weighted by Gasteiger charge is -2.07. The molecule has 0 atom stereocenters. The van der Waals surface area contributed by atoms with E-state index in [9.17, 15) is 0 Å². The van der Waals surface area contributed by atoms with Crippen LogP contribution < -0.4 is 5.73 Å². The second kappa shape index (κ2) is 5.25. The summed E-state index contributed by atoms with van der Waals surface area (Å²) in [6, 6.07) is 8.25. The fraction of sp³-hybridized carbons (Fsp3) is 0.250. The number of rotatable bonds is 3. The summed E-state index contributed by atoms with van der Waals surface area (Å²) in [4.78, 5) is 1.18. The van der Waals surface area contributed by atoms with Gasteiger partial charge in [0.15, 0.2) is 0 Å². The highest BCUT2D eigenvalue weighted by molar-refractivity contribution is 9.10. The van der Waals surface area contributed by atoms with Crippen LogP contribution >= 0.6 is 27.7 Å². The van der Waals surface area contributed by atoms with E-state index in [1.165, 1.54) is 4.90 Å². The summed E-state index contributed by atoms with van der Waals surface area (Å²) in [5, 5.41) is 5.46. The lowest BCUT2D eigenvalue weighted by atomic mass is 10.2.